The monoisotopic (exact) mass is 400 g/mol. The van der Waals surface area contributed by atoms with E-state index in [-0.39, 0.29) is 17.9 Å². The lowest BCUT2D eigenvalue weighted by atomic mass is 9.85. The molecule has 0 bridgehead atoms. The topological polar surface area (TPSA) is 74.8 Å². The van der Waals surface area contributed by atoms with Crippen LogP contribution in [-0.4, -0.2) is 44.1 Å². The minimum atomic E-state index is 0.121. The summed E-state index contributed by atoms with van der Waals surface area (Å²) in [6.07, 6.45) is 6.29. The van der Waals surface area contributed by atoms with E-state index >= 15 is 0 Å². The SMILES string of the molecule is CN=C(NCCOc1ccccc1C(C)C)NC1CCCC(C(=O)NC2CC2)C1. The number of nitrogens with one attached hydrogen (secondary N) is 3. The van der Waals surface area contributed by atoms with Crippen LogP contribution < -0.4 is 20.7 Å². The van der Waals surface area contributed by atoms with Gasteiger partial charge in [0.1, 0.15) is 12.4 Å². The van der Waals surface area contributed by atoms with Gasteiger partial charge in [-0.15, -0.1) is 0 Å². The van der Waals surface area contributed by atoms with Gasteiger partial charge in [-0.05, 0) is 49.7 Å². The van der Waals surface area contributed by atoms with Crippen LogP contribution in [0.4, 0.5) is 0 Å². The standard InChI is InChI=1S/C23H36N4O2/c1-16(2)20-9-4-5-10-21(20)29-14-13-25-23(24-3)27-19-8-6-7-17(15-19)22(28)26-18-11-12-18/h4-5,9-10,16-19H,6-8,11-15H2,1-3H3,(H,26,28)(H2,24,25,27). The lowest BCUT2D eigenvalue weighted by Crippen LogP contribution is -2.47. The second kappa shape index (κ2) is 10.5. The molecule has 2 saturated carbocycles. The van der Waals surface area contributed by atoms with Crippen LogP contribution in [-0.2, 0) is 4.79 Å². The zero-order valence-electron chi connectivity index (χ0n) is 18.0. The molecule has 2 unspecified atom stereocenters. The molecule has 1 aromatic rings. The van der Waals surface area contributed by atoms with Crippen LogP contribution in [0.2, 0.25) is 0 Å². The first-order valence-electron chi connectivity index (χ1n) is 11.1. The quantitative estimate of drug-likeness (QED) is 0.356. The largest absolute Gasteiger partial charge is 0.491 e. The minimum Gasteiger partial charge on any atom is -0.491 e. The number of carbonyl (C=O) groups excluding carboxylic acids is 1. The highest BCUT2D eigenvalue weighted by Gasteiger charge is 2.31. The highest BCUT2D eigenvalue weighted by Crippen LogP contribution is 2.27. The molecule has 0 aromatic heterocycles. The Labute approximate surface area is 174 Å². The predicted octanol–water partition coefficient (Wildman–Crippen LogP) is 3.19. The van der Waals surface area contributed by atoms with Crippen LogP contribution in [0, 0.1) is 5.92 Å². The number of hydrogen-bond acceptors (Lipinski definition) is 3. The molecule has 3 N–H and O–H groups in total. The number of rotatable bonds is 8. The molecule has 1 amide bonds. The van der Waals surface area contributed by atoms with Crippen molar-refractivity contribution in [3.8, 4) is 5.75 Å². The van der Waals surface area contributed by atoms with Gasteiger partial charge in [0.25, 0.3) is 0 Å². The molecular weight excluding hydrogens is 364 g/mol. The van der Waals surface area contributed by atoms with Crippen molar-refractivity contribution in [3.63, 3.8) is 0 Å². The molecule has 0 saturated heterocycles. The lowest BCUT2D eigenvalue weighted by molar-refractivity contribution is -0.126. The summed E-state index contributed by atoms with van der Waals surface area (Å²) in [5.74, 6) is 2.52. The van der Waals surface area contributed by atoms with Gasteiger partial charge in [0.2, 0.25) is 5.91 Å². The second-order valence-corrected chi connectivity index (χ2v) is 8.53. The third kappa shape index (κ3) is 6.65. The van der Waals surface area contributed by atoms with Gasteiger partial charge in [0.15, 0.2) is 5.96 Å². The Kier molecular flexibility index (Phi) is 7.78. The molecule has 0 heterocycles. The van der Waals surface area contributed by atoms with E-state index in [0.29, 0.717) is 25.1 Å². The van der Waals surface area contributed by atoms with Crippen molar-refractivity contribution in [2.24, 2.45) is 10.9 Å². The summed E-state index contributed by atoms with van der Waals surface area (Å²) in [6, 6.07) is 8.92. The van der Waals surface area contributed by atoms with Crippen LogP contribution in [0.25, 0.3) is 0 Å². The maximum Gasteiger partial charge on any atom is 0.223 e. The first-order valence-corrected chi connectivity index (χ1v) is 11.1. The third-order valence-corrected chi connectivity index (χ3v) is 5.73. The zero-order valence-corrected chi connectivity index (χ0v) is 18.0. The number of aliphatic imine (C=N–C) groups is 1. The Morgan fingerprint density at radius 2 is 1.93 bits per heavy atom. The first kappa shape index (κ1) is 21.5. The van der Waals surface area contributed by atoms with Crippen LogP contribution in [0.3, 0.4) is 0 Å². The smallest absolute Gasteiger partial charge is 0.223 e. The van der Waals surface area contributed by atoms with Crippen molar-refractivity contribution in [1.82, 2.24) is 16.0 Å². The Morgan fingerprint density at radius 3 is 2.66 bits per heavy atom. The number of benzene rings is 1. The normalized spacial score (nSPS) is 22.3. The van der Waals surface area contributed by atoms with Gasteiger partial charge >= 0.3 is 0 Å². The second-order valence-electron chi connectivity index (χ2n) is 8.53. The summed E-state index contributed by atoms with van der Waals surface area (Å²) in [7, 11) is 1.78. The highest BCUT2D eigenvalue weighted by atomic mass is 16.5. The van der Waals surface area contributed by atoms with Crippen molar-refractivity contribution >= 4 is 11.9 Å². The molecule has 0 aliphatic heterocycles. The van der Waals surface area contributed by atoms with Crippen molar-refractivity contribution in [2.75, 3.05) is 20.2 Å². The molecule has 2 atom stereocenters. The minimum absolute atomic E-state index is 0.121. The van der Waals surface area contributed by atoms with Gasteiger partial charge in [-0.1, -0.05) is 38.5 Å². The number of ether oxygens (including phenoxy) is 1. The summed E-state index contributed by atoms with van der Waals surface area (Å²) in [6.45, 7) is 5.59. The number of nitrogens with zero attached hydrogens (tertiary/aromatic N) is 1. The van der Waals surface area contributed by atoms with E-state index in [0.717, 1.165) is 50.2 Å². The van der Waals surface area contributed by atoms with Gasteiger partial charge in [-0.25, -0.2) is 0 Å². The van der Waals surface area contributed by atoms with Crippen molar-refractivity contribution in [1.29, 1.82) is 0 Å². The number of amides is 1. The van der Waals surface area contributed by atoms with E-state index in [1.807, 2.05) is 12.1 Å². The highest BCUT2D eigenvalue weighted by molar-refractivity contribution is 5.81. The van der Waals surface area contributed by atoms with E-state index < -0.39 is 0 Å². The van der Waals surface area contributed by atoms with Crippen LogP contribution in [0.15, 0.2) is 29.3 Å². The van der Waals surface area contributed by atoms with E-state index in [2.05, 4.69) is 46.9 Å². The van der Waals surface area contributed by atoms with Gasteiger partial charge in [0, 0.05) is 25.0 Å². The van der Waals surface area contributed by atoms with E-state index in [1.54, 1.807) is 7.05 Å². The average Bonchev–Trinajstić information content (AvgIpc) is 3.54. The number of carbonyl (C=O) groups is 1. The molecule has 2 aliphatic rings. The molecule has 29 heavy (non-hydrogen) atoms. The molecule has 6 nitrogen and oxygen atoms in total. The molecule has 0 spiro atoms. The maximum absolute atomic E-state index is 12.4. The van der Waals surface area contributed by atoms with Crippen molar-refractivity contribution in [2.45, 2.75) is 70.4 Å². The Hall–Kier alpha value is -2.24. The molecule has 160 valence electrons. The van der Waals surface area contributed by atoms with Gasteiger partial charge in [-0.2, -0.15) is 0 Å². The van der Waals surface area contributed by atoms with Crippen molar-refractivity contribution < 1.29 is 9.53 Å². The summed E-state index contributed by atoms with van der Waals surface area (Å²) in [5, 5.41) is 9.98. The van der Waals surface area contributed by atoms with E-state index in [4.69, 9.17) is 4.74 Å². The van der Waals surface area contributed by atoms with Crippen LogP contribution >= 0.6 is 0 Å². The van der Waals surface area contributed by atoms with E-state index in [9.17, 15) is 4.79 Å². The number of guanidine groups is 1. The zero-order chi connectivity index (χ0) is 20.6. The van der Waals surface area contributed by atoms with E-state index in [1.165, 1.54) is 5.56 Å². The Bertz CT molecular complexity index is 700. The molecule has 2 fully saturated rings. The fourth-order valence-electron chi connectivity index (χ4n) is 3.91. The molecule has 0 radical (unpaired) electrons. The molecule has 3 rings (SSSR count). The van der Waals surface area contributed by atoms with Gasteiger partial charge in [-0.3, -0.25) is 9.79 Å². The van der Waals surface area contributed by atoms with Gasteiger partial charge in [0.05, 0.1) is 6.54 Å². The van der Waals surface area contributed by atoms with Crippen LogP contribution in [0.5, 0.6) is 5.75 Å². The third-order valence-electron chi connectivity index (χ3n) is 5.73. The summed E-state index contributed by atoms with van der Waals surface area (Å²) in [5.41, 5.74) is 1.23. The molecular formula is C23H36N4O2. The Morgan fingerprint density at radius 1 is 1.14 bits per heavy atom. The fourth-order valence-corrected chi connectivity index (χ4v) is 3.91. The number of hydrogen-bond donors (Lipinski definition) is 3. The maximum atomic E-state index is 12.4. The van der Waals surface area contributed by atoms with Gasteiger partial charge < -0.3 is 20.7 Å². The molecule has 2 aliphatic carbocycles. The first-order chi connectivity index (χ1) is 14.1. The number of para-hydroxylation sites is 1. The molecule has 6 heteroatoms. The van der Waals surface area contributed by atoms with Crippen LogP contribution in [0.1, 0.15) is 63.9 Å². The lowest BCUT2D eigenvalue weighted by Gasteiger charge is -2.30. The molecule has 1 aromatic carbocycles. The summed E-state index contributed by atoms with van der Waals surface area (Å²) >= 11 is 0. The summed E-state index contributed by atoms with van der Waals surface area (Å²) < 4.78 is 5.98. The van der Waals surface area contributed by atoms with Crippen molar-refractivity contribution in [3.05, 3.63) is 29.8 Å². The summed E-state index contributed by atoms with van der Waals surface area (Å²) in [4.78, 5) is 16.7. The Balaban J connectivity index is 1.40. The average molecular weight is 401 g/mol. The predicted molar refractivity (Wildman–Crippen MR) is 117 cm³/mol. The fraction of sp³-hybridized carbons (Fsp3) is 0.652.